The fraction of sp³-hybridized carbons (Fsp3) is 0.444. The molecule has 24 heavy (non-hydrogen) atoms. The van der Waals surface area contributed by atoms with Gasteiger partial charge in [0, 0.05) is 25.2 Å². The number of carbonyl (C=O) groups is 1. The number of alkyl halides is 2. The summed E-state index contributed by atoms with van der Waals surface area (Å²) in [7, 11) is 0. The molecule has 0 aliphatic rings. The summed E-state index contributed by atoms with van der Waals surface area (Å²) in [6, 6.07) is 8.98. The van der Waals surface area contributed by atoms with E-state index in [0.29, 0.717) is 12.3 Å². The number of amides is 1. The predicted octanol–water partition coefficient (Wildman–Crippen LogP) is 4.11. The Morgan fingerprint density at radius 2 is 1.96 bits per heavy atom. The van der Waals surface area contributed by atoms with Crippen molar-refractivity contribution in [1.29, 1.82) is 0 Å². The molecular formula is C18H23F2N3O. The zero-order chi connectivity index (χ0) is 17.5. The van der Waals surface area contributed by atoms with Crippen LogP contribution in [-0.2, 0) is 11.2 Å². The van der Waals surface area contributed by atoms with Gasteiger partial charge < -0.3 is 5.32 Å². The maximum Gasteiger partial charge on any atom is 0.319 e. The summed E-state index contributed by atoms with van der Waals surface area (Å²) in [4.78, 5) is 16.2. The van der Waals surface area contributed by atoms with Gasteiger partial charge >= 0.3 is 6.55 Å². The van der Waals surface area contributed by atoms with Crippen LogP contribution in [0, 0.1) is 5.92 Å². The fourth-order valence-electron chi connectivity index (χ4n) is 2.49. The van der Waals surface area contributed by atoms with E-state index >= 15 is 0 Å². The summed E-state index contributed by atoms with van der Waals surface area (Å²) in [6.45, 7) is 1.47. The Labute approximate surface area is 140 Å². The lowest BCUT2D eigenvalue weighted by atomic mass is 10.0. The molecule has 4 nitrogen and oxygen atoms in total. The average Bonchev–Trinajstić information content (AvgIpc) is 3.01. The van der Waals surface area contributed by atoms with Gasteiger partial charge in [-0.15, -0.1) is 0 Å². The molecule has 0 fully saturated rings. The van der Waals surface area contributed by atoms with Gasteiger partial charge in [-0.25, -0.2) is 4.98 Å². The monoisotopic (exact) mass is 335 g/mol. The second-order valence-corrected chi connectivity index (χ2v) is 6.20. The van der Waals surface area contributed by atoms with Crippen LogP contribution in [-0.4, -0.2) is 15.5 Å². The molecule has 1 aromatic carbocycles. The van der Waals surface area contributed by atoms with E-state index in [1.54, 1.807) is 0 Å². The minimum Gasteiger partial charge on any atom is -0.349 e. The van der Waals surface area contributed by atoms with Crippen LogP contribution in [0.3, 0.4) is 0 Å². The van der Waals surface area contributed by atoms with E-state index in [1.165, 1.54) is 12.4 Å². The van der Waals surface area contributed by atoms with E-state index in [9.17, 15) is 13.6 Å². The largest absolute Gasteiger partial charge is 0.349 e. The van der Waals surface area contributed by atoms with Crippen LogP contribution in [0.2, 0.25) is 0 Å². The number of nitrogens with zero attached hydrogens (tertiary/aromatic N) is 2. The second-order valence-electron chi connectivity index (χ2n) is 6.20. The highest BCUT2D eigenvalue weighted by atomic mass is 19.3. The number of aromatic nitrogens is 2. The molecule has 6 heteroatoms. The van der Waals surface area contributed by atoms with Crippen molar-refractivity contribution >= 4 is 5.91 Å². The minimum atomic E-state index is -2.64. The lowest BCUT2D eigenvalue weighted by Crippen LogP contribution is -2.30. The first kappa shape index (κ1) is 18.1. The Kier molecular flexibility index (Phi) is 6.46. The Hall–Kier alpha value is -2.24. The molecule has 0 spiro atoms. The number of imidazole rings is 1. The molecule has 0 saturated heterocycles. The Bertz CT molecular complexity index is 641. The molecule has 0 aliphatic carbocycles. The first-order valence-corrected chi connectivity index (χ1v) is 8.11. The molecule has 1 N–H and O–H groups in total. The van der Waals surface area contributed by atoms with Gasteiger partial charge in [-0.1, -0.05) is 44.2 Å². The highest BCUT2D eigenvalue weighted by Gasteiger charge is 2.20. The molecule has 1 heterocycles. The normalized spacial score (nSPS) is 12.6. The van der Waals surface area contributed by atoms with Gasteiger partial charge in [-0.05, 0) is 17.9 Å². The van der Waals surface area contributed by atoms with Gasteiger partial charge in [0.15, 0.2) is 0 Å². The molecule has 0 unspecified atom stereocenters. The van der Waals surface area contributed by atoms with Crippen molar-refractivity contribution < 1.29 is 13.6 Å². The maximum atomic E-state index is 13.0. The molecule has 130 valence electrons. The predicted molar refractivity (Wildman–Crippen MR) is 88.6 cm³/mol. The van der Waals surface area contributed by atoms with E-state index in [2.05, 4.69) is 24.1 Å². The summed E-state index contributed by atoms with van der Waals surface area (Å²) < 4.78 is 26.9. The molecule has 0 bridgehead atoms. The summed E-state index contributed by atoms with van der Waals surface area (Å²) in [5.41, 5.74) is 0.874. The van der Waals surface area contributed by atoms with Gasteiger partial charge in [0.1, 0.15) is 5.82 Å². The topological polar surface area (TPSA) is 46.9 Å². The third-order valence-corrected chi connectivity index (χ3v) is 3.83. The fourth-order valence-corrected chi connectivity index (χ4v) is 2.49. The Balaban J connectivity index is 2.14. The van der Waals surface area contributed by atoms with Crippen LogP contribution in [0.25, 0.3) is 0 Å². The molecule has 0 radical (unpaired) electrons. The first-order valence-electron chi connectivity index (χ1n) is 8.11. The van der Waals surface area contributed by atoms with Gasteiger partial charge in [0.2, 0.25) is 5.91 Å². The Morgan fingerprint density at radius 3 is 2.58 bits per heavy atom. The van der Waals surface area contributed by atoms with E-state index in [1.807, 2.05) is 30.3 Å². The summed E-state index contributed by atoms with van der Waals surface area (Å²) >= 11 is 0. The second kappa shape index (κ2) is 8.57. The Morgan fingerprint density at radius 1 is 1.25 bits per heavy atom. The highest BCUT2D eigenvalue weighted by molar-refractivity contribution is 5.76. The number of nitrogens with one attached hydrogen (secondary N) is 1. The molecule has 0 saturated carbocycles. The van der Waals surface area contributed by atoms with Crippen LogP contribution in [0.1, 0.15) is 50.7 Å². The SMILES string of the molecule is CC(C)CCC(=O)N[C@@H](Cc1nccn1C(F)F)c1ccccc1. The number of halogens is 2. The molecule has 1 atom stereocenters. The van der Waals surface area contributed by atoms with Crippen LogP contribution in [0.5, 0.6) is 0 Å². The minimum absolute atomic E-state index is 0.0762. The molecular weight excluding hydrogens is 312 g/mol. The zero-order valence-corrected chi connectivity index (χ0v) is 14.0. The number of hydrogen-bond acceptors (Lipinski definition) is 2. The van der Waals surface area contributed by atoms with Crippen LogP contribution >= 0.6 is 0 Å². The van der Waals surface area contributed by atoms with Crippen molar-refractivity contribution in [3.63, 3.8) is 0 Å². The van der Waals surface area contributed by atoms with Crippen molar-refractivity contribution in [2.24, 2.45) is 5.92 Å². The molecule has 2 aromatic rings. The number of benzene rings is 1. The van der Waals surface area contributed by atoms with Crippen molar-refractivity contribution in [2.45, 2.75) is 45.7 Å². The molecule has 1 aromatic heterocycles. The molecule has 1 amide bonds. The van der Waals surface area contributed by atoms with Gasteiger partial charge in [-0.2, -0.15) is 8.78 Å². The van der Waals surface area contributed by atoms with Crippen molar-refractivity contribution in [3.05, 3.63) is 54.1 Å². The third-order valence-electron chi connectivity index (χ3n) is 3.83. The maximum absolute atomic E-state index is 13.0. The first-order chi connectivity index (χ1) is 11.5. The quantitative estimate of drug-likeness (QED) is 0.789. The molecule has 2 rings (SSSR count). The molecule has 0 aliphatic heterocycles. The van der Waals surface area contributed by atoms with Crippen molar-refractivity contribution in [1.82, 2.24) is 14.9 Å². The van der Waals surface area contributed by atoms with E-state index in [-0.39, 0.29) is 24.2 Å². The van der Waals surface area contributed by atoms with Crippen molar-refractivity contribution in [2.75, 3.05) is 0 Å². The van der Waals surface area contributed by atoms with E-state index in [0.717, 1.165) is 16.6 Å². The summed E-state index contributed by atoms with van der Waals surface area (Å²) in [5, 5.41) is 2.96. The van der Waals surface area contributed by atoms with Gasteiger partial charge in [0.25, 0.3) is 0 Å². The zero-order valence-electron chi connectivity index (χ0n) is 14.0. The summed E-state index contributed by atoms with van der Waals surface area (Å²) in [6.07, 6.45) is 4.03. The average molecular weight is 335 g/mol. The van der Waals surface area contributed by atoms with Crippen molar-refractivity contribution in [3.8, 4) is 0 Å². The van der Waals surface area contributed by atoms with E-state index < -0.39 is 6.55 Å². The van der Waals surface area contributed by atoms with Gasteiger partial charge in [-0.3, -0.25) is 9.36 Å². The number of rotatable bonds is 8. The van der Waals surface area contributed by atoms with Crippen LogP contribution in [0.4, 0.5) is 8.78 Å². The van der Waals surface area contributed by atoms with Crippen LogP contribution in [0.15, 0.2) is 42.7 Å². The lowest BCUT2D eigenvalue weighted by molar-refractivity contribution is -0.122. The lowest BCUT2D eigenvalue weighted by Gasteiger charge is -2.20. The van der Waals surface area contributed by atoms with E-state index in [4.69, 9.17) is 0 Å². The number of carbonyl (C=O) groups excluding carboxylic acids is 1. The highest BCUT2D eigenvalue weighted by Crippen LogP contribution is 2.21. The number of hydrogen-bond donors (Lipinski definition) is 1. The smallest absolute Gasteiger partial charge is 0.319 e. The van der Waals surface area contributed by atoms with Crippen LogP contribution < -0.4 is 5.32 Å². The summed E-state index contributed by atoms with van der Waals surface area (Å²) in [5.74, 6) is 0.611. The standard InChI is InChI=1S/C18H23F2N3O/c1-13(2)8-9-17(24)22-15(14-6-4-3-5-7-14)12-16-21-10-11-23(16)18(19)20/h3-7,10-11,13,15,18H,8-9,12H2,1-2H3,(H,22,24)/t15-/m0/s1. The third kappa shape index (κ3) is 5.15. The van der Waals surface area contributed by atoms with Gasteiger partial charge in [0.05, 0.1) is 6.04 Å².